The fourth-order valence-corrected chi connectivity index (χ4v) is 8.64. The number of unbranched alkanes of at least 4 members (excludes halogenated alkanes) is 15. The molecule has 258 valence electrons. The van der Waals surface area contributed by atoms with Crippen LogP contribution in [0.15, 0.2) is 58.5 Å². The summed E-state index contributed by atoms with van der Waals surface area (Å²) in [6, 6.07) is 19.8. The van der Waals surface area contributed by atoms with Gasteiger partial charge >= 0.3 is 0 Å². The van der Waals surface area contributed by atoms with Crippen molar-refractivity contribution in [1.29, 1.82) is 0 Å². The Morgan fingerprint density at radius 1 is 0.565 bits per heavy atom. The van der Waals surface area contributed by atoms with Gasteiger partial charge in [0.25, 0.3) is 0 Å². The smallest absolute Gasteiger partial charge is 0.132 e. The average molecular weight is 750 g/mol. The van der Waals surface area contributed by atoms with Crippen LogP contribution in [0.25, 0.3) is 0 Å². The van der Waals surface area contributed by atoms with E-state index >= 15 is 0 Å². The normalized spacial score (nSPS) is 12.2. The largest absolute Gasteiger partial charge is 0.254 e. The van der Waals surface area contributed by atoms with Gasteiger partial charge in [-0.05, 0) is 48.7 Å². The Bertz CT molecular complexity index is 1180. The van der Waals surface area contributed by atoms with E-state index in [9.17, 15) is 0 Å². The molecule has 2 rings (SSSR count). The van der Waals surface area contributed by atoms with E-state index in [1.165, 1.54) is 120 Å². The second-order valence-electron chi connectivity index (χ2n) is 15.6. The van der Waals surface area contributed by atoms with E-state index in [1.807, 2.05) is 6.21 Å². The number of rotatable bonds is 22. The number of nitrogens with zero attached hydrogens (tertiary/aromatic N) is 2. The van der Waals surface area contributed by atoms with Crippen LogP contribution in [0.3, 0.4) is 0 Å². The summed E-state index contributed by atoms with van der Waals surface area (Å²) in [7, 11) is -2.27. The Labute approximate surface area is 300 Å². The van der Waals surface area contributed by atoms with Gasteiger partial charge in [-0.1, -0.05) is 177 Å². The van der Waals surface area contributed by atoms with Crippen LogP contribution in [-0.4, -0.2) is 28.1 Å². The van der Waals surface area contributed by atoms with Crippen molar-refractivity contribution in [2.24, 2.45) is 9.98 Å². The minimum absolute atomic E-state index is 0. The van der Waals surface area contributed by atoms with Crippen LogP contribution in [0, 0.1) is 11.8 Å². The van der Waals surface area contributed by atoms with E-state index in [-0.39, 0.29) is 20.4 Å². The van der Waals surface area contributed by atoms with Crippen LogP contribution in [0.1, 0.15) is 121 Å². The summed E-state index contributed by atoms with van der Waals surface area (Å²) >= 11 is 0. The molecule has 0 aliphatic carbocycles. The van der Waals surface area contributed by atoms with E-state index < -0.39 is 16.1 Å². The zero-order chi connectivity index (χ0) is 32.8. The number of hydrogen-bond acceptors (Lipinski definition) is 2. The summed E-state index contributed by atoms with van der Waals surface area (Å²) in [5, 5.41) is 0. The monoisotopic (exact) mass is 748 g/mol. The molecule has 2 aromatic rings. The van der Waals surface area contributed by atoms with E-state index in [4.69, 9.17) is 9.98 Å². The zero-order valence-corrected chi connectivity index (χ0v) is 34.2. The van der Waals surface area contributed by atoms with Gasteiger partial charge in [0.1, 0.15) is 5.71 Å². The Hall–Kier alpha value is -1.56. The Balaban J connectivity index is 0.0000106. The number of aliphatic imine (C=N–C) groups is 2. The van der Waals surface area contributed by atoms with Gasteiger partial charge in [0.2, 0.25) is 0 Å². The van der Waals surface area contributed by atoms with Gasteiger partial charge in [0, 0.05) is 43.0 Å². The van der Waals surface area contributed by atoms with Crippen molar-refractivity contribution in [3.63, 3.8) is 0 Å². The Morgan fingerprint density at radius 2 is 0.957 bits per heavy atom. The standard InChI is InChI=1S/C41H66N2Si2.Pd/c1-8-9-10-11-12-13-14-15-16-17-18-19-20-21-22-23-24-25-41(43-40-32-28-38(29-33-40)36-45(5,6)7)34-42-39-30-26-37(27-31-39)35-44(2,3)4;/h26-34H,8-23,35-36H2,1-7H3;. The minimum atomic E-state index is -1.14. The van der Waals surface area contributed by atoms with Crippen molar-refractivity contribution in [2.75, 3.05) is 0 Å². The molecule has 0 amide bonds. The van der Waals surface area contributed by atoms with Crippen LogP contribution < -0.4 is 0 Å². The molecule has 0 aromatic heterocycles. The molecule has 0 saturated heterocycles. The summed E-state index contributed by atoms with van der Waals surface area (Å²) in [4.78, 5) is 9.66. The third kappa shape index (κ3) is 22.9. The molecule has 2 aromatic carbocycles. The summed E-state index contributed by atoms with van der Waals surface area (Å²) < 4.78 is 0. The van der Waals surface area contributed by atoms with E-state index in [2.05, 4.69) is 107 Å². The molecule has 0 aliphatic heterocycles. The first-order chi connectivity index (χ1) is 21.5. The van der Waals surface area contributed by atoms with Crippen molar-refractivity contribution in [3.8, 4) is 11.8 Å². The van der Waals surface area contributed by atoms with Crippen molar-refractivity contribution in [3.05, 3.63) is 59.7 Å². The molecular formula is C41H66N2PdSi2. The number of benzene rings is 2. The maximum Gasteiger partial charge on any atom is 0.132 e. The molecule has 0 heterocycles. The molecule has 0 radical (unpaired) electrons. The molecule has 0 N–H and O–H groups in total. The second kappa shape index (κ2) is 24.6. The van der Waals surface area contributed by atoms with Gasteiger partial charge in [0.05, 0.1) is 17.6 Å². The molecule has 0 aliphatic rings. The molecule has 0 bridgehead atoms. The third-order valence-corrected chi connectivity index (χ3v) is 11.0. The van der Waals surface area contributed by atoms with Crippen molar-refractivity contribution in [1.82, 2.24) is 0 Å². The summed E-state index contributed by atoms with van der Waals surface area (Å²) in [6.45, 7) is 16.8. The number of hydrogen-bond donors (Lipinski definition) is 0. The van der Waals surface area contributed by atoms with Crippen LogP contribution in [0.5, 0.6) is 0 Å². The first kappa shape index (κ1) is 42.5. The average Bonchev–Trinajstić information content (AvgIpc) is 2.97. The maximum absolute atomic E-state index is 4.90. The zero-order valence-electron chi connectivity index (χ0n) is 30.6. The fraction of sp³-hybridized carbons (Fsp3) is 0.610. The van der Waals surface area contributed by atoms with E-state index in [0.717, 1.165) is 23.5 Å². The molecular weight excluding hydrogens is 683 g/mol. The Morgan fingerprint density at radius 3 is 1.37 bits per heavy atom. The molecule has 0 fully saturated rings. The van der Waals surface area contributed by atoms with E-state index in [0.29, 0.717) is 0 Å². The second-order valence-corrected chi connectivity index (χ2v) is 26.5. The van der Waals surface area contributed by atoms with Gasteiger partial charge in [-0.3, -0.25) is 4.99 Å². The topological polar surface area (TPSA) is 24.7 Å². The van der Waals surface area contributed by atoms with Gasteiger partial charge in [-0.2, -0.15) is 0 Å². The Kier molecular flexibility index (Phi) is 22.7. The third-order valence-electron chi connectivity index (χ3n) is 8.05. The quantitative estimate of drug-likeness (QED) is 0.0496. The SMILES string of the molecule is CCCCCCCCCCCCCCCCCC#CC(C=Nc1ccc(C[Si](C)(C)C)cc1)=Nc1ccc(C[Si](C)(C)C)cc1.[Pd]. The molecule has 2 nitrogen and oxygen atoms in total. The maximum atomic E-state index is 4.90. The van der Waals surface area contributed by atoms with Crippen LogP contribution in [0.4, 0.5) is 11.4 Å². The van der Waals surface area contributed by atoms with Crippen LogP contribution >= 0.6 is 0 Å². The van der Waals surface area contributed by atoms with Gasteiger partial charge in [-0.25, -0.2) is 4.99 Å². The van der Waals surface area contributed by atoms with Crippen LogP contribution in [-0.2, 0) is 32.5 Å². The molecule has 0 atom stereocenters. The minimum Gasteiger partial charge on any atom is -0.254 e. The predicted octanol–water partition coefficient (Wildman–Crippen LogP) is 13.3. The van der Waals surface area contributed by atoms with Gasteiger partial charge in [-0.15, -0.1) is 0 Å². The molecule has 0 saturated carbocycles. The fourth-order valence-electron chi connectivity index (χ4n) is 5.71. The molecule has 46 heavy (non-hydrogen) atoms. The van der Waals surface area contributed by atoms with Crippen molar-refractivity contribution >= 4 is 39.4 Å². The first-order valence-corrected chi connectivity index (χ1v) is 25.7. The van der Waals surface area contributed by atoms with E-state index in [1.54, 1.807) is 0 Å². The summed E-state index contributed by atoms with van der Waals surface area (Å²) in [5.74, 6) is 6.75. The first-order valence-electron chi connectivity index (χ1n) is 18.3. The van der Waals surface area contributed by atoms with Crippen molar-refractivity contribution in [2.45, 2.75) is 161 Å². The molecule has 0 unspecified atom stereocenters. The van der Waals surface area contributed by atoms with Gasteiger partial charge in [0.15, 0.2) is 0 Å². The summed E-state index contributed by atoms with van der Waals surface area (Å²) in [6.07, 6.45) is 23.6. The molecule has 5 heteroatoms. The van der Waals surface area contributed by atoms with Crippen molar-refractivity contribution < 1.29 is 20.4 Å². The summed E-state index contributed by atoms with van der Waals surface area (Å²) in [5.41, 5.74) is 5.45. The predicted molar refractivity (Wildman–Crippen MR) is 210 cm³/mol. The van der Waals surface area contributed by atoms with Gasteiger partial charge < -0.3 is 0 Å². The molecule has 0 spiro atoms. The van der Waals surface area contributed by atoms with Crippen LogP contribution in [0.2, 0.25) is 39.3 Å².